The molecule has 0 bridgehead atoms. The standard InChI is InChI=1S/C19H21N3/c1-14(2)15-8-10-18(11-9-15)22-13-17(12-20)19(21-22)16-6-4-3-5-7-16/h3-11,13-14H,12,20H2,1-2H3. The molecule has 1 heterocycles. The summed E-state index contributed by atoms with van der Waals surface area (Å²) < 4.78 is 1.91. The number of hydrogen-bond acceptors (Lipinski definition) is 2. The van der Waals surface area contributed by atoms with Crippen molar-refractivity contribution in [3.63, 3.8) is 0 Å². The highest BCUT2D eigenvalue weighted by molar-refractivity contribution is 5.63. The van der Waals surface area contributed by atoms with E-state index in [1.807, 2.05) is 29.1 Å². The maximum absolute atomic E-state index is 5.89. The number of rotatable bonds is 4. The van der Waals surface area contributed by atoms with Gasteiger partial charge in [-0.1, -0.05) is 56.3 Å². The lowest BCUT2D eigenvalue weighted by Crippen LogP contribution is -1.96. The van der Waals surface area contributed by atoms with Crippen LogP contribution < -0.4 is 5.73 Å². The first-order valence-electron chi connectivity index (χ1n) is 7.63. The van der Waals surface area contributed by atoms with Crippen LogP contribution in [0.2, 0.25) is 0 Å². The van der Waals surface area contributed by atoms with Crippen LogP contribution in [0.15, 0.2) is 60.8 Å². The van der Waals surface area contributed by atoms with Gasteiger partial charge in [-0.2, -0.15) is 5.10 Å². The van der Waals surface area contributed by atoms with E-state index < -0.39 is 0 Å². The van der Waals surface area contributed by atoms with Gasteiger partial charge in [-0.15, -0.1) is 0 Å². The topological polar surface area (TPSA) is 43.8 Å². The molecule has 1 aromatic heterocycles. The molecule has 0 unspecified atom stereocenters. The molecule has 0 fully saturated rings. The van der Waals surface area contributed by atoms with E-state index in [0.717, 1.165) is 22.5 Å². The van der Waals surface area contributed by atoms with E-state index in [0.29, 0.717) is 12.5 Å². The molecule has 3 rings (SSSR count). The molecule has 0 aliphatic carbocycles. The second-order valence-corrected chi connectivity index (χ2v) is 5.76. The molecule has 2 aromatic carbocycles. The average Bonchev–Trinajstić information content (AvgIpc) is 3.00. The first kappa shape index (κ1) is 14.5. The van der Waals surface area contributed by atoms with Gasteiger partial charge in [0.2, 0.25) is 0 Å². The third-order valence-electron chi connectivity index (χ3n) is 3.88. The molecule has 0 aliphatic heterocycles. The van der Waals surface area contributed by atoms with Crippen molar-refractivity contribution in [2.24, 2.45) is 5.73 Å². The molecule has 3 nitrogen and oxygen atoms in total. The summed E-state index contributed by atoms with van der Waals surface area (Å²) in [5.74, 6) is 0.533. The molecule has 0 saturated heterocycles. The first-order valence-corrected chi connectivity index (χ1v) is 7.63. The SMILES string of the molecule is CC(C)c1ccc(-n2cc(CN)c(-c3ccccc3)n2)cc1. The van der Waals surface area contributed by atoms with Crippen molar-refractivity contribution in [1.82, 2.24) is 9.78 Å². The van der Waals surface area contributed by atoms with Gasteiger partial charge in [-0.25, -0.2) is 4.68 Å². The van der Waals surface area contributed by atoms with Crippen molar-refractivity contribution in [3.8, 4) is 16.9 Å². The number of benzene rings is 2. The highest BCUT2D eigenvalue weighted by atomic mass is 15.3. The van der Waals surface area contributed by atoms with Crippen molar-refractivity contribution in [2.75, 3.05) is 0 Å². The summed E-state index contributed by atoms with van der Waals surface area (Å²) in [6.07, 6.45) is 2.02. The number of nitrogens with zero attached hydrogens (tertiary/aromatic N) is 2. The fourth-order valence-corrected chi connectivity index (χ4v) is 2.54. The second kappa shape index (κ2) is 6.16. The molecule has 0 amide bonds. The van der Waals surface area contributed by atoms with Crippen molar-refractivity contribution >= 4 is 0 Å². The highest BCUT2D eigenvalue weighted by Crippen LogP contribution is 2.24. The van der Waals surface area contributed by atoms with Crippen LogP contribution in [0.5, 0.6) is 0 Å². The Kier molecular flexibility index (Phi) is 4.07. The van der Waals surface area contributed by atoms with Crippen molar-refractivity contribution in [2.45, 2.75) is 26.3 Å². The van der Waals surface area contributed by atoms with Gasteiger partial charge in [0.1, 0.15) is 0 Å². The maximum Gasteiger partial charge on any atom is 0.0972 e. The molecule has 112 valence electrons. The third-order valence-corrected chi connectivity index (χ3v) is 3.88. The molecule has 0 atom stereocenters. The summed E-state index contributed by atoms with van der Waals surface area (Å²) in [5.41, 5.74) is 11.4. The quantitative estimate of drug-likeness (QED) is 0.785. The number of hydrogen-bond donors (Lipinski definition) is 1. The Morgan fingerprint density at radius 2 is 1.68 bits per heavy atom. The van der Waals surface area contributed by atoms with Crippen molar-refractivity contribution < 1.29 is 0 Å². The lowest BCUT2D eigenvalue weighted by Gasteiger charge is -2.06. The van der Waals surface area contributed by atoms with Gasteiger partial charge < -0.3 is 5.73 Å². The van der Waals surface area contributed by atoms with Crippen LogP contribution in [0.1, 0.15) is 30.9 Å². The first-order chi connectivity index (χ1) is 10.7. The highest BCUT2D eigenvalue weighted by Gasteiger charge is 2.11. The Bertz CT molecular complexity index is 740. The van der Waals surface area contributed by atoms with Gasteiger partial charge >= 0.3 is 0 Å². The van der Waals surface area contributed by atoms with Crippen molar-refractivity contribution in [3.05, 3.63) is 71.9 Å². The van der Waals surface area contributed by atoms with E-state index in [1.54, 1.807) is 0 Å². The Morgan fingerprint density at radius 1 is 1.00 bits per heavy atom. The van der Waals surface area contributed by atoms with Crippen LogP contribution in [-0.4, -0.2) is 9.78 Å². The van der Waals surface area contributed by atoms with E-state index >= 15 is 0 Å². The van der Waals surface area contributed by atoms with Gasteiger partial charge in [-0.3, -0.25) is 0 Å². The summed E-state index contributed by atoms with van der Waals surface area (Å²) >= 11 is 0. The van der Waals surface area contributed by atoms with Crippen molar-refractivity contribution in [1.29, 1.82) is 0 Å². The van der Waals surface area contributed by atoms with Crippen LogP contribution in [0.3, 0.4) is 0 Å². The van der Waals surface area contributed by atoms with Crippen LogP contribution in [-0.2, 0) is 6.54 Å². The van der Waals surface area contributed by atoms with Crippen LogP contribution in [0.4, 0.5) is 0 Å². The lowest BCUT2D eigenvalue weighted by atomic mass is 10.0. The Morgan fingerprint density at radius 3 is 2.27 bits per heavy atom. The van der Waals surface area contributed by atoms with Gasteiger partial charge in [-0.05, 0) is 23.6 Å². The molecular weight excluding hydrogens is 270 g/mol. The smallest absolute Gasteiger partial charge is 0.0972 e. The fraction of sp³-hybridized carbons (Fsp3) is 0.211. The number of aromatic nitrogens is 2. The van der Waals surface area contributed by atoms with Gasteiger partial charge in [0.05, 0.1) is 11.4 Å². The molecule has 0 radical (unpaired) electrons. The monoisotopic (exact) mass is 291 g/mol. The summed E-state index contributed by atoms with van der Waals surface area (Å²) in [5, 5.41) is 4.73. The zero-order chi connectivity index (χ0) is 15.5. The zero-order valence-corrected chi connectivity index (χ0v) is 13.0. The van der Waals surface area contributed by atoms with E-state index in [2.05, 4.69) is 50.2 Å². The summed E-state index contributed by atoms with van der Waals surface area (Å²) in [6, 6.07) is 18.7. The molecule has 0 saturated carbocycles. The Labute approximate surface area is 131 Å². The molecule has 22 heavy (non-hydrogen) atoms. The molecular formula is C19H21N3. The predicted octanol–water partition coefficient (Wildman–Crippen LogP) is 4.12. The summed E-state index contributed by atoms with van der Waals surface area (Å²) in [7, 11) is 0. The molecule has 0 spiro atoms. The van der Waals surface area contributed by atoms with E-state index in [1.165, 1.54) is 5.56 Å². The Hall–Kier alpha value is -2.39. The summed E-state index contributed by atoms with van der Waals surface area (Å²) in [6.45, 7) is 4.88. The fourth-order valence-electron chi connectivity index (χ4n) is 2.54. The largest absolute Gasteiger partial charge is 0.326 e. The normalized spacial score (nSPS) is 11.1. The predicted molar refractivity (Wildman–Crippen MR) is 91.0 cm³/mol. The van der Waals surface area contributed by atoms with Crippen LogP contribution in [0, 0.1) is 0 Å². The van der Waals surface area contributed by atoms with E-state index in [9.17, 15) is 0 Å². The maximum atomic E-state index is 5.89. The van der Waals surface area contributed by atoms with Gasteiger partial charge in [0.15, 0.2) is 0 Å². The molecule has 2 N–H and O–H groups in total. The average molecular weight is 291 g/mol. The molecule has 0 aliphatic rings. The minimum absolute atomic E-state index is 0.480. The molecule has 3 aromatic rings. The van der Waals surface area contributed by atoms with E-state index in [-0.39, 0.29) is 0 Å². The lowest BCUT2D eigenvalue weighted by molar-refractivity contribution is 0.854. The van der Waals surface area contributed by atoms with E-state index in [4.69, 9.17) is 10.8 Å². The van der Waals surface area contributed by atoms with Crippen LogP contribution in [0.25, 0.3) is 16.9 Å². The second-order valence-electron chi connectivity index (χ2n) is 5.76. The Balaban J connectivity index is 2.00. The number of nitrogens with two attached hydrogens (primary N) is 1. The summed E-state index contributed by atoms with van der Waals surface area (Å²) in [4.78, 5) is 0. The van der Waals surface area contributed by atoms with Crippen LogP contribution >= 0.6 is 0 Å². The zero-order valence-electron chi connectivity index (χ0n) is 13.0. The third kappa shape index (κ3) is 2.81. The van der Waals surface area contributed by atoms with Gasteiger partial charge in [0.25, 0.3) is 0 Å². The van der Waals surface area contributed by atoms with Gasteiger partial charge in [0, 0.05) is 23.9 Å². The molecule has 3 heteroatoms. The minimum atomic E-state index is 0.480. The minimum Gasteiger partial charge on any atom is -0.326 e.